The van der Waals surface area contributed by atoms with Crippen molar-refractivity contribution in [3.05, 3.63) is 34.9 Å². The summed E-state index contributed by atoms with van der Waals surface area (Å²) in [5, 5.41) is 10.0. The van der Waals surface area contributed by atoms with Crippen LogP contribution in [0.15, 0.2) is 40.1 Å². The third-order valence-electron chi connectivity index (χ3n) is 2.21. The molecule has 1 heterocycles. The summed E-state index contributed by atoms with van der Waals surface area (Å²) in [4.78, 5) is 19.1. The molecule has 2 N–H and O–H groups in total. The van der Waals surface area contributed by atoms with Gasteiger partial charge in [-0.3, -0.25) is 4.79 Å². The fourth-order valence-electron chi connectivity index (χ4n) is 1.47. The van der Waals surface area contributed by atoms with Crippen molar-refractivity contribution in [3.8, 4) is 0 Å². The topological polar surface area (TPSA) is 66.0 Å². The van der Waals surface area contributed by atoms with Crippen LogP contribution < -0.4 is 0 Å². The second-order valence-electron chi connectivity index (χ2n) is 3.63. The summed E-state index contributed by atoms with van der Waals surface area (Å²) >= 11 is 1.14. The van der Waals surface area contributed by atoms with E-state index in [0.717, 1.165) is 22.8 Å². The predicted molar refractivity (Wildman–Crippen MR) is 75.2 cm³/mol. The molecule has 6 heteroatoms. The molecule has 1 aromatic carbocycles. The molecule has 2 rings (SSSR count). The number of hydrogen-bond acceptors (Lipinski definition) is 4. The lowest BCUT2D eigenvalue weighted by molar-refractivity contribution is -0.113. The van der Waals surface area contributed by atoms with Crippen LogP contribution in [0.4, 0.5) is 0 Å². The summed E-state index contributed by atoms with van der Waals surface area (Å²) in [6.45, 7) is 2.91. The van der Waals surface area contributed by atoms with Crippen molar-refractivity contribution in [2.45, 2.75) is 19.0 Å². The Labute approximate surface area is 115 Å². The highest BCUT2D eigenvalue weighted by Gasteiger charge is 2.12. The van der Waals surface area contributed by atoms with Gasteiger partial charge in [0.15, 0.2) is 10.9 Å². The van der Waals surface area contributed by atoms with Gasteiger partial charge in [-0.1, -0.05) is 12.1 Å². The maximum atomic E-state index is 11.3. The van der Waals surface area contributed by atoms with E-state index in [1.165, 1.54) is 13.8 Å². The normalized spacial score (nSPS) is 11.9. The van der Waals surface area contributed by atoms with Crippen LogP contribution in [0.1, 0.15) is 13.8 Å². The highest BCUT2D eigenvalue weighted by atomic mass is 35.5. The number of Topliss-reactive ketones (excluding diaryl/α,β-unsaturated/α-hetero) is 1. The van der Waals surface area contributed by atoms with Crippen molar-refractivity contribution in [2.24, 2.45) is 0 Å². The number of nitrogens with zero attached hydrogens (tertiary/aromatic N) is 1. The number of ketones is 1. The van der Waals surface area contributed by atoms with Gasteiger partial charge in [-0.2, -0.15) is 0 Å². The van der Waals surface area contributed by atoms with Crippen LogP contribution in [-0.4, -0.2) is 20.9 Å². The minimum Gasteiger partial charge on any atom is -0.511 e. The number of hydrogen-bond donors (Lipinski definition) is 2. The Morgan fingerprint density at radius 2 is 2.00 bits per heavy atom. The standard InChI is InChI=1S/C12H12N2O2S.ClH/c1-7(15)11(8(2)16)17-12-13-9-5-3-4-6-10(9)14-12;/h3-6,15H,1-2H3,(H,13,14);1H/b11-7-;. The number of aromatic amines is 1. The van der Waals surface area contributed by atoms with Crippen molar-refractivity contribution < 1.29 is 9.90 Å². The number of halogens is 1. The number of H-pyrrole nitrogens is 1. The molecule has 0 amide bonds. The molecule has 96 valence electrons. The number of thioether (sulfide) groups is 1. The molecule has 0 aliphatic rings. The van der Waals surface area contributed by atoms with Gasteiger partial charge >= 0.3 is 0 Å². The van der Waals surface area contributed by atoms with Gasteiger partial charge in [0.25, 0.3) is 0 Å². The second-order valence-corrected chi connectivity index (χ2v) is 4.63. The summed E-state index contributed by atoms with van der Waals surface area (Å²) < 4.78 is 0. The molecule has 0 saturated carbocycles. The molecule has 0 saturated heterocycles. The van der Waals surface area contributed by atoms with Crippen LogP contribution in [0, 0.1) is 0 Å². The van der Waals surface area contributed by atoms with Crippen LogP contribution in [0.5, 0.6) is 0 Å². The van der Waals surface area contributed by atoms with E-state index in [9.17, 15) is 9.90 Å². The Morgan fingerprint density at radius 3 is 2.56 bits per heavy atom. The first-order valence-electron chi connectivity index (χ1n) is 5.11. The Bertz CT molecular complexity index is 570. The first-order chi connectivity index (χ1) is 8.08. The summed E-state index contributed by atoms with van der Waals surface area (Å²) in [6.07, 6.45) is 0. The number of para-hydroxylation sites is 2. The molecule has 2 aromatic rings. The van der Waals surface area contributed by atoms with Crippen molar-refractivity contribution in [1.82, 2.24) is 9.97 Å². The van der Waals surface area contributed by atoms with Gasteiger partial charge in [0.2, 0.25) is 0 Å². The molecular formula is C12H13ClN2O2S. The maximum Gasteiger partial charge on any atom is 0.171 e. The number of carbonyl (C=O) groups is 1. The highest BCUT2D eigenvalue weighted by molar-refractivity contribution is 8.03. The molecular weight excluding hydrogens is 272 g/mol. The lowest BCUT2D eigenvalue weighted by atomic mass is 10.3. The molecule has 1 aromatic heterocycles. The number of allylic oxidation sites excluding steroid dienone is 2. The monoisotopic (exact) mass is 284 g/mol. The van der Waals surface area contributed by atoms with Gasteiger partial charge in [-0.15, -0.1) is 12.4 Å². The Hall–Kier alpha value is -1.46. The molecule has 0 spiro atoms. The molecule has 0 radical (unpaired) electrons. The van der Waals surface area contributed by atoms with Crippen LogP contribution in [-0.2, 0) is 4.79 Å². The molecule has 0 bridgehead atoms. The van der Waals surface area contributed by atoms with E-state index in [0.29, 0.717) is 10.1 Å². The number of fused-ring (bicyclic) bond motifs is 1. The smallest absolute Gasteiger partial charge is 0.171 e. The number of benzene rings is 1. The fraction of sp³-hybridized carbons (Fsp3) is 0.167. The lowest BCUT2D eigenvalue weighted by Crippen LogP contribution is -1.96. The van der Waals surface area contributed by atoms with Crippen molar-refractivity contribution >= 4 is 41.0 Å². The third-order valence-corrected chi connectivity index (χ3v) is 3.39. The second kappa shape index (κ2) is 5.93. The first kappa shape index (κ1) is 14.6. The number of aliphatic hydroxyl groups is 1. The average molecular weight is 285 g/mol. The van der Waals surface area contributed by atoms with Crippen molar-refractivity contribution in [3.63, 3.8) is 0 Å². The van der Waals surface area contributed by atoms with E-state index in [1.807, 2.05) is 24.3 Å². The van der Waals surface area contributed by atoms with Gasteiger partial charge in [0.05, 0.1) is 15.9 Å². The number of carbonyl (C=O) groups excluding carboxylic acids is 1. The van der Waals surface area contributed by atoms with Crippen molar-refractivity contribution in [2.75, 3.05) is 0 Å². The van der Waals surface area contributed by atoms with E-state index >= 15 is 0 Å². The van der Waals surface area contributed by atoms with Gasteiger partial charge in [0, 0.05) is 0 Å². The number of imidazole rings is 1. The molecule has 4 nitrogen and oxygen atoms in total. The van der Waals surface area contributed by atoms with E-state index in [4.69, 9.17) is 0 Å². The summed E-state index contributed by atoms with van der Waals surface area (Å²) in [5.74, 6) is -0.154. The Balaban J connectivity index is 0.00000162. The molecule has 0 unspecified atom stereocenters. The molecule has 18 heavy (non-hydrogen) atoms. The van der Waals surface area contributed by atoms with Gasteiger partial charge in [0.1, 0.15) is 5.76 Å². The highest BCUT2D eigenvalue weighted by Crippen LogP contribution is 2.28. The largest absolute Gasteiger partial charge is 0.511 e. The van der Waals surface area contributed by atoms with Gasteiger partial charge in [-0.05, 0) is 37.7 Å². The minimum absolute atomic E-state index is 0. The SMILES string of the molecule is CC(=O)/C(Sc1nc2ccccc2[nH]1)=C(\C)O.Cl. The van der Waals surface area contributed by atoms with Crippen LogP contribution in [0.3, 0.4) is 0 Å². The summed E-state index contributed by atoms with van der Waals surface area (Å²) in [7, 11) is 0. The zero-order valence-electron chi connectivity index (χ0n) is 9.93. The molecule has 0 aliphatic heterocycles. The van der Waals surface area contributed by atoms with E-state index in [1.54, 1.807) is 0 Å². The Kier molecular flexibility index (Phi) is 4.81. The fourth-order valence-corrected chi connectivity index (χ4v) is 2.26. The van der Waals surface area contributed by atoms with Crippen LogP contribution in [0.25, 0.3) is 11.0 Å². The van der Waals surface area contributed by atoms with Gasteiger partial charge < -0.3 is 10.1 Å². The zero-order valence-corrected chi connectivity index (χ0v) is 11.6. The zero-order chi connectivity index (χ0) is 12.4. The van der Waals surface area contributed by atoms with E-state index in [2.05, 4.69) is 9.97 Å². The average Bonchev–Trinajstić information content (AvgIpc) is 2.67. The van der Waals surface area contributed by atoms with E-state index < -0.39 is 0 Å². The number of nitrogens with one attached hydrogen (secondary N) is 1. The molecule has 0 fully saturated rings. The summed E-state index contributed by atoms with van der Waals surface area (Å²) in [6, 6.07) is 7.61. The van der Waals surface area contributed by atoms with Crippen LogP contribution in [0.2, 0.25) is 0 Å². The minimum atomic E-state index is -0.171. The maximum absolute atomic E-state index is 11.3. The lowest BCUT2D eigenvalue weighted by Gasteiger charge is -2.01. The quantitative estimate of drug-likeness (QED) is 0.515. The van der Waals surface area contributed by atoms with Gasteiger partial charge in [-0.25, -0.2) is 4.98 Å². The Morgan fingerprint density at radius 1 is 1.33 bits per heavy atom. The number of rotatable bonds is 3. The van der Waals surface area contributed by atoms with Crippen molar-refractivity contribution in [1.29, 1.82) is 0 Å². The van der Waals surface area contributed by atoms with Crippen LogP contribution >= 0.6 is 24.2 Å². The summed E-state index contributed by atoms with van der Waals surface area (Å²) in [5.41, 5.74) is 1.75. The number of aromatic nitrogens is 2. The van der Waals surface area contributed by atoms with E-state index in [-0.39, 0.29) is 23.9 Å². The number of aliphatic hydroxyl groups excluding tert-OH is 1. The first-order valence-corrected chi connectivity index (χ1v) is 5.93. The molecule has 0 aliphatic carbocycles. The molecule has 0 atom stereocenters. The predicted octanol–water partition coefficient (Wildman–Crippen LogP) is 3.46. The third kappa shape index (κ3) is 3.05.